The molecule has 156 valence electrons. The molecule has 2 aromatic carbocycles. The van der Waals surface area contributed by atoms with Crippen molar-refractivity contribution in [2.45, 2.75) is 13.0 Å². The molecular formula is C22H20N6O3. The summed E-state index contributed by atoms with van der Waals surface area (Å²) in [6, 6.07) is 15.5. The molecule has 4 rings (SSSR count). The van der Waals surface area contributed by atoms with Crippen LogP contribution in [0.1, 0.15) is 27.1 Å². The number of rotatable bonds is 7. The van der Waals surface area contributed by atoms with E-state index in [1.165, 1.54) is 6.33 Å². The summed E-state index contributed by atoms with van der Waals surface area (Å²) in [5, 5.41) is 2.77. The minimum absolute atomic E-state index is 0.194. The van der Waals surface area contributed by atoms with Crippen molar-refractivity contribution < 1.29 is 14.3 Å². The number of para-hydroxylation sites is 1. The standard InChI is InChI=1S/C22H20N6O3/c23-19-18-20(25-13-24-19)28(14-26-18)11-6-12-31-22(30)16-9-4-5-10-17(16)27-21(29)15-7-2-1-3-8-15/h1-5,7-10,13-14H,6,11-12H2,(H,27,29)(H2,23,24,25). The number of fused-ring (bicyclic) bond motifs is 1. The SMILES string of the molecule is Nc1ncnc2c1ncn2CCCOC(=O)c1ccccc1NC(=O)c1ccccc1. The molecule has 31 heavy (non-hydrogen) atoms. The van der Waals surface area contributed by atoms with Crippen molar-refractivity contribution in [1.82, 2.24) is 19.5 Å². The summed E-state index contributed by atoms with van der Waals surface area (Å²) in [6.07, 6.45) is 3.57. The van der Waals surface area contributed by atoms with E-state index in [1.54, 1.807) is 54.9 Å². The molecule has 4 aromatic rings. The van der Waals surface area contributed by atoms with E-state index in [-0.39, 0.29) is 12.5 Å². The lowest BCUT2D eigenvalue weighted by Gasteiger charge is -2.11. The van der Waals surface area contributed by atoms with Crippen LogP contribution in [-0.2, 0) is 11.3 Å². The van der Waals surface area contributed by atoms with Gasteiger partial charge in [0, 0.05) is 12.1 Å². The maximum Gasteiger partial charge on any atom is 0.340 e. The molecule has 0 aliphatic carbocycles. The van der Waals surface area contributed by atoms with Crippen molar-refractivity contribution in [3.8, 4) is 0 Å². The minimum Gasteiger partial charge on any atom is -0.462 e. The summed E-state index contributed by atoms with van der Waals surface area (Å²) in [7, 11) is 0. The Balaban J connectivity index is 1.35. The van der Waals surface area contributed by atoms with Crippen LogP contribution < -0.4 is 11.1 Å². The van der Waals surface area contributed by atoms with Crippen molar-refractivity contribution in [3.63, 3.8) is 0 Å². The Morgan fingerprint density at radius 1 is 1.00 bits per heavy atom. The molecular weight excluding hydrogens is 396 g/mol. The number of aryl methyl sites for hydroxylation is 1. The number of amides is 1. The second kappa shape index (κ2) is 9.04. The maximum absolute atomic E-state index is 12.6. The van der Waals surface area contributed by atoms with E-state index in [9.17, 15) is 9.59 Å². The summed E-state index contributed by atoms with van der Waals surface area (Å²) in [6.45, 7) is 0.743. The summed E-state index contributed by atoms with van der Waals surface area (Å²) in [4.78, 5) is 37.3. The average Bonchev–Trinajstić information content (AvgIpc) is 3.22. The fourth-order valence-corrected chi connectivity index (χ4v) is 3.09. The quantitative estimate of drug-likeness (QED) is 0.350. The molecule has 0 atom stereocenters. The molecule has 0 aliphatic heterocycles. The first-order valence-corrected chi connectivity index (χ1v) is 9.67. The third-order valence-corrected chi connectivity index (χ3v) is 4.64. The predicted octanol–water partition coefficient (Wildman–Crippen LogP) is 2.91. The Morgan fingerprint density at radius 2 is 1.77 bits per heavy atom. The number of esters is 1. The minimum atomic E-state index is -0.508. The predicted molar refractivity (Wildman–Crippen MR) is 115 cm³/mol. The molecule has 0 saturated carbocycles. The monoisotopic (exact) mass is 416 g/mol. The van der Waals surface area contributed by atoms with E-state index in [0.29, 0.717) is 46.8 Å². The summed E-state index contributed by atoms with van der Waals surface area (Å²) < 4.78 is 7.24. The Kier molecular flexibility index (Phi) is 5.84. The molecule has 0 fully saturated rings. The highest BCUT2D eigenvalue weighted by molar-refractivity contribution is 6.07. The van der Waals surface area contributed by atoms with Crippen LogP contribution in [0.25, 0.3) is 11.2 Å². The first kappa shape index (κ1) is 20.0. The van der Waals surface area contributed by atoms with Gasteiger partial charge in [-0.05, 0) is 30.7 Å². The number of nitrogens with one attached hydrogen (secondary N) is 1. The number of aromatic nitrogens is 4. The number of imidazole rings is 1. The van der Waals surface area contributed by atoms with E-state index in [1.807, 2.05) is 10.6 Å². The van der Waals surface area contributed by atoms with Gasteiger partial charge < -0.3 is 20.4 Å². The van der Waals surface area contributed by atoms with Crippen LogP contribution in [0.4, 0.5) is 11.5 Å². The van der Waals surface area contributed by atoms with Crippen molar-refractivity contribution in [2.24, 2.45) is 0 Å². The van der Waals surface area contributed by atoms with Crippen LogP contribution in [0.15, 0.2) is 67.3 Å². The van der Waals surface area contributed by atoms with Crippen LogP contribution in [0.5, 0.6) is 0 Å². The van der Waals surface area contributed by atoms with E-state index in [0.717, 1.165) is 0 Å². The lowest BCUT2D eigenvalue weighted by atomic mass is 10.1. The zero-order chi connectivity index (χ0) is 21.6. The smallest absolute Gasteiger partial charge is 0.340 e. The molecule has 0 saturated heterocycles. The van der Waals surface area contributed by atoms with Crippen molar-refractivity contribution in [1.29, 1.82) is 0 Å². The van der Waals surface area contributed by atoms with Crippen LogP contribution >= 0.6 is 0 Å². The highest BCUT2D eigenvalue weighted by Crippen LogP contribution is 2.18. The number of hydrogen-bond acceptors (Lipinski definition) is 7. The number of benzene rings is 2. The Bertz CT molecular complexity index is 1220. The first-order chi connectivity index (χ1) is 15.1. The molecule has 0 radical (unpaired) electrons. The zero-order valence-corrected chi connectivity index (χ0v) is 16.6. The lowest BCUT2D eigenvalue weighted by Crippen LogP contribution is -2.16. The fraction of sp³-hybridized carbons (Fsp3) is 0.136. The number of nitrogen functional groups attached to an aromatic ring is 1. The van der Waals surface area contributed by atoms with Crippen LogP contribution in [0.2, 0.25) is 0 Å². The van der Waals surface area contributed by atoms with Crippen molar-refractivity contribution >= 4 is 34.5 Å². The topological polar surface area (TPSA) is 125 Å². The fourth-order valence-electron chi connectivity index (χ4n) is 3.09. The van der Waals surface area contributed by atoms with Gasteiger partial charge in [-0.15, -0.1) is 0 Å². The Labute approximate surface area is 177 Å². The van der Waals surface area contributed by atoms with E-state index in [2.05, 4.69) is 20.3 Å². The maximum atomic E-state index is 12.6. The normalized spacial score (nSPS) is 10.7. The Hall–Kier alpha value is -4.27. The zero-order valence-electron chi connectivity index (χ0n) is 16.6. The van der Waals surface area contributed by atoms with Gasteiger partial charge >= 0.3 is 5.97 Å². The lowest BCUT2D eigenvalue weighted by molar-refractivity contribution is 0.0497. The van der Waals surface area contributed by atoms with Gasteiger partial charge in [0.2, 0.25) is 0 Å². The third-order valence-electron chi connectivity index (χ3n) is 4.64. The number of carbonyl (C=O) groups excluding carboxylic acids is 2. The number of ether oxygens (including phenoxy) is 1. The van der Waals surface area contributed by atoms with Crippen molar-refractivity contribution in [2.75, 3.05) is 17.7 Å². The number of hydrogen-bond donors (Lipinski definition) is 2. The molecule has 9 heteroatoms. The van der Waals surface area contributed by atoms with Crippen LogP contribution in [0.3, 0.4) is 0 Å². The van der Waals surface area contributed by atoms with Gasteiger partial charge in [-0.2, -0.15) is 0 Å². The van der Waals surface area contributed by atoms with E-state index >= 15 is 0 Å². The van der Waals surface area contributed by atoms with Gasteiger partial charge in [-0.3, -0.25) is 4.79 Å². The van der Waals surface area contributed by atoms with Gasteiger partial charge in [0.05, 0.1) is 24.2 Å². The molecule has 0 spiro atoms. The molecule has 2 aromatic heterocycles. The van der Waals surface area contributed by atoms with Crippen molar-refractivity contribution in [3.05, 3.63) is 78.4 Å². The highest BCUT2D eigenvalue weighted by Gasteiger charge is 2.15. The number of nitrogens with zero attached hydrogens (tertiary/aromatic N) is 4. The Morgan fingerprint density at radius 3 is 2.61 bits per heavy atom. The number of anilines is 2. The largest absolute Gasteiger partial charge is 0.462 e. The van der Waals surface area contributed by atoms with Gasteiger partial charge in [0.15, 0.2) is 11.5 Å². The van der Waals surface area contributed by atoms with Crippen LogP contribution in [-0.4, -0.2) is 38.0 Å². The second-order valence-electron chi connectivity index (χ2n) is 6.72. The first-order valence-electron chi connectivity index (χ1n) is 9.67. The van der Waals surface area contributed by atoms with Gasteiger partial charge in [-0.1, -0.05) is 30.3 Å². The number of nitrogens with two attached hydrogens (primary N) is 1. The summed E-state index contributed by atoms with van der Waals surface area (Å²) in [5.74, 6) is -0.482. The second-order valence-corrected chi connectivity index (χ2v) is 6.72. The molecule has 0 aliphatic rings. The van der Waals surface area contributed by atoms with Gasteiger partial charge in [0.1, 0.15) is 11.8 Å². The number of carbonyl (C=O) groups is 2. The van der Waals surface area contributed by atoms with Crippen LogP contribution in [0, 0.1) is 0 Å². The molecule has 9 nitrogen and oxygen atoms in total. The molecule has 3 N–H and O–H groups in total. The molecule has 1 amide bonds. The third kappa shape index (κ3) is 4.50. The van der Waals surface area contributed by atoms with Gasteiger partial charge in [0.25, 0.3) is 5.91 Å². The van der Waals surface area contributed by atoms with Gasteiger partial charge in [-0.25, -0.2) is 19.7 Å². The molecule has 0 bridgehead atoms. The summed E-state index contributed by atoms with van der Waals surface area (Å²) >= 11 is 0. The van der Waals surface area contributed by atoms with E-state index < -0.39 is 5.97 Å². The molecule has 0 unspecified atom stereocenters. The average molecular weight is 416 g/mol. The highest BCUT2D eigenvalue weighted by atomic mass is 16.5. The summed E-state index contributed by atoms with van der Waals surface area (Å²) in [5.41, 5.74) is 8.16. The van der Waals surface area contributed by atoms with E-state index in [4.69, 9.17) is 10.5 Å². The molecule has 2 heterocycles.